The van der Waals surface area contributed by atoms with Crippen LogP contribution >= 0.6 is 23.2 Å². The van der Waals surface area contributed by atoms with Gasteiger partial charge in [-0.3, -0.25) is 4.79 Å². The van der Waals surface area contributed by atoms with Gasteiger partial charge in [-0.2, -0.15) is 0 Å². The van der Waals surface area contributed by atoms with Crippen LogP contribution in [0.15, 0.2) is 18.2 Å². The summed E-state index contributed by atoms with van der Waals surface area (Å²) in [6, 6.07) is 5.36. The zero-order valence-corrected chi connectivity index (χ0v) is 12.1. The van der Waals surface area contributed by atoms with Crippen molar-refractivity contribution < 1.29 is 4.79 Å². The van der Waals surface area contributed by atoms with Crippen LogP contribution in [0.2, 0.25) is 10.0 Å². The van der Waals surface area contributed by atoms with E-state index in [0.717, 1.165) is 5.56 Å². The van der Waals surface area contributed by atoms with Gasteiger partial charge in [0.15, 0.2) is 0 Å². The molecular formula is C13H18Cl2N2O. The maximum atomic E-state index is 11.5. The average Bonchev–Trinajstić information content (AvgIpc) is 2.30. The molecule has 3 nitrogen and oxygen atoms in total. The summed E-state index contributed by atoms with van der Waals surface area (Å²) in [4.78, 5) is 11.5. The lowest BCUT2D eigenvalue weighted by molar-refractivity contribution is -0.120. The Morgan fingerprint density at radius 1 is 1.28 bits per heavy atom. The summed E-state index contributed by atoms with van der Waals surface area (Å²) in [7, 11) is 0. The third-order valence-electron chi connectivity index (χ3n) is 2.36. The van der Waals surface area contributed by atoms with Gasteiger partial charge in [0.05, 0.1) is 6.54 Å². The number of hydrogen-bond acceptors (Lipinski definition) is 2. The second-order valence-corrected chi connectivity index (χ2v) is 5.32. The molecule has 100 valence electrons. The first-order valence-electron chi connectivity index (χ1n) is 5.91. The van der Waals surface area contributed by atoms with E-state index in [4.69, 9.17) is 23.2 Å². The minimum Gasteiger partial charge on any atom is -0.355 e. The zero-order valence-electron chi connectivity index (χ0n) is 10.6. The van der Waals surface area contributed by atoms with E-state index in [-0.39, 0.29) is 12.5 Å². The first kappa shape index (κ1) is 15.3. The van der Waals surface area contributed by atoms with Gasteiger partial charge in [0.2, 0.25) is 5.91 Å². The van der Waals surface area contributed by atoms with Gasteiger partial charge >= 0.3 is 0 Å². The number of carbonyl (C=O) groups is 1. The van der Waals surface area contributed by atoms with Gasteiger partial charge < -0.3 is 10.6 Å². The molecule has 0 fully saturated rings. The molecule has 0 atom stereocenters. The first-order chi connectivity index (χ1) is 8.50. The summed E-state index contributed by atoms with van der Waals surface area (Å²) in [5.74, 6) is 0.429. The number of amides is 1. The Bertz CT molecular complexity index is 388. The van der Waals surface area contributed by atoms with E-state index in [1.807, 2.05) is 0 Å². The number of carbonyl (C=O) groups excluding carboxylic acids is 1. The van der Waals surface area contributed by atoms with Crippen LogP contribution in [0.25, 0.3) is 0 Å². The highest BCUT2D eigenvalue weighted by molar-refractivity contribution is 6.35. The van der Waals surface area contributed by atoms with Crippen LogP contribution in [0, 0.1) is 5.92 Å². The van der Waals surface area contributed by atoms with Crippen LogP contribution in [0.5, 0.6) is 0 Å². The minimum absolute atomic E-state index is 0.0214. The van der Waals surface area contributed by atoms with Crippen molar-refractivity contribution in [3.8, 4) is 0 Å². The predicted octanol–water partition coefficient (Wildman–Crippen LogP) is 2.86. The second kappa shape index (κ2) is 7.62. The van der Waals surface area contributed by atoms with Crippen molar-refractivity contribution in [2.24, 2.45) is 5.92 Å². The lowest BCUT2D eigenvalue weighted by Gasteiger charge is -2.10. The van der Waals surface area contributed by atoms with Gasteiger partial charge in [-0.15, -0.1) is 0 Å². The quantitative estimate of drug-likeness (QED) is 0.845. The summed E-state index contributed by atoms with van der Waals surface area (Å²) in [5.41, 5.74) is 0.817. The topological polar surface area (TPSA) is 41.1 Å². The molecule has 5 heteroatoms. The Balaban J connectivity index is 2.35. The van der Waals surface area contributed by atoms with Crippen LogP contribution in [0.1, 0.15) is 19.4 Å². The molecule has 0 bridgehead atoms. The maximum absolute atomic E-state index is 11.5. The molecule has 1 aromatic carbocycles. The van der Waals surface area contributed by atoms with Crippen LogP contribution in [0.3, 0.4) is 0 Å². The first-order valence-corrected chi connectivity index (χ1v) is 6.66. The van der Waals surface area contributed by atoms with Crippen molar-refractivity contribution in [2.45, 2.75) is 20.4 Å². The van der Waals surface area contributed by atoms with E-state index in [1.54, 1.807) is 18.2 Å². The van der Waals surface area contributed by atoms with Crippen molar-refractivity contribution >= 4 is 29.1 Å². The van der Waals surface area contributed by atoms with Gasteiger partial charge in [0.1, 0.15) is 0 Å². The Labute approximate surface area is 118 Å². The smallest absolute Gasteiger partial charge is 0.233 e. The normalized spacial score (nSPS) is 10.7. The lowest BCUT2D eigenvalue weighted by Crippen LogP contribution is -2.35. The number of rotatable bonds is 6. The van der Waals surface area contributed by atoms with E-state index in [2.05, 4.69) is 24.5 Å². The lowest BCUT2D eigenvalue weighted by atomic mass is 10.2. The Morgan fingerprint density at radius 2 is 1.89 bits per heavy atom. The molecule has 0 heterocycles. The Hall–Kier alpha value is -0.770. The molecule has 0 saturated heterocycles. The average molecular weight is 289 g/mol. The SMILES string of the molecule is CC(C)CNC(=O)CNCc1c(Cl)cccc1Cl. The standard InChI is InChI=1S/C13H18Cl2N2O/c1-9(2)6-17-13(18)8-16-7-10-11(14)4-3-5-12(10)15/h3-5,9,16H,6-8H2,1-2H3,(H,17,18). The van der Waals surface area contributed by atoms with E-state index in [0.29, 0.717) is 29.1 Å². The second-order valence-electron chi connectivity index (χ2n) is 4.50. The van der Waals surface area contributed by atoms with E-state index in [1.165, 1.54) is 0 Å². The molecule has 18 heavy (non-hydrogen) atoms. The van der Waals surface area contributed by atoms with E-state index >= 15 is 0 Å². The summed E-state index contributed by atoms with van der Waals surface area (Å²) >= 11 is 12.0. The van der Waals surface area contributed by atoms with Gasteiger partial charge in [0, 0.05) is 28.7 Å². The molecule has 0 radical (unpaired) electrons. The molecule has 1 amide bonds. The molecule has 0 saturated carbocycles. The highest BCUT2D eigenvalue weighted by Crippen LogP contribution is 2.23. The van der Waals surface area contributed by atoms with Gasteiger partial charge in [-0.25, -0.2) is 0 Å². The number of hydrogen-bond donors (Lipinski definition) is 2. The highest BCUT2D eigenvalue weighted by Gasteiger charge is 2.06. The van der Waals surface area contributed by atoms with Crippen LogP contribution in [0.4, 0.5) is 0 Å². The number of benzene rings is 1. The molecule has 0 unspecified atom stereocenters. The van der Waals surface area contributed by atoms with Crippen molar-refractivity contribution in [1.29, 1.82) is 0 Å². The fraction of sp³-hybridized carbons (Fsp3) is 0.462. The molecule has 2 N–H and O–H groups in total. The molecule has 1 aromatic rings. The van der Waals surface area contributed by atoms with Crippen LogP contribution < -0.4 is 10.6 Å². The fourth-order valence-electron chi connectivity index (χ4n) is 1.38. The summed E-state index contributed by atoms with van der Waals surface area (Å²) in [5, 5.41) is 7.07. The number of nitrogens with one attached hydrogen (secondary N) is 2. The van der Waals surface area contributed by atoms with E-state index in [9.17, 15) is 4.79 Å². The molecule has 1 rings (SSSR count). The van der Waals surface area contributed by atoms with Crippen LogP contribution in [-0.4, -0.2) is 19.0 Å². The molecule has 0 aliphatic rings. The molecule has 0 aliphatic carbocycles. The highest BCUT2D eigenvalue weighted by atomic mass is 35.5. The number of halogens is 2. The van der Waals surface area contributed by atoms with Gasteiger partial charge in [-0.1, -0.05) is 43.1 Å². The van der Waals surface area contributed by atoms with Crippen molar-refractivity contribution in [2.75, 3.05) is 13.1 Å². The monoisotopic (exact) mass is 288 g/mol. The summed E-state index contributed by atoms with van der Waals surface area (Å²) in [6.07, 6.45) is 0. The Kier molecular flexibility index (Phi) is 6.47. The summed E-state index contributed by atoms with van der Waals surface area (Å²) in [6.45, 7) is 5.53. The zero-order chi connectivity index (χ0) is 13.5. The molecular weight excluding hydrogens is 271 g/mol. The predicted molar refractivity (Wildman–Crippen MR) is 76.0 cm³/mol. The molecule has 0 aromatic heterocycles. The van der Waals surface area contributed by atoms with E-state index < -0.39 is 0 Å². The third-order valence-corrected chi connectivity index (χ3v) is 3.06. The Morgan fingerprint density at radius 3 is 2.44 bits per heavy atom. The minimum atomic E-state index is -0.0214. The largest absolute Gasteiger partial charge is 0.355 e. The molecule has 0 aliphatic heterocycles. The van der Waals surface area contributed by atoms with Gasteiger partial charge in [-0.05, 0) is 18.1 Å². The van der Waals surface area contributed by atoms with Crippen molar-refractivity contribution in [1.82, 2.24) is 10.6 Å². The maximum Gasteiger partial charge on any atom is 0.233 e. The van der Waals surface area contributed by atoms with Crippen molar-refractivity contribution in [3.63, 3.8) is 0 Å². The third kappa shape index (κ3) is 5.25. The summed E-state index contributed by atoms with van der Waals surface area (Å²) < 4.78 is 0. The fourth-order valence-corrected chi connectivity index (χ4v) is 1.91. The molecule has 0 spiro atoms. The van der Waals surface area contributed by atoms with Crippen molar-refractivity contribution in [3.05, 3.63) is 33.8 Å². The van der Waals surface area contributed by atoms with Gasteiger partial charge in [0.25, 0.3) is 0 Å². The van der Waals surface area contributed by atoms with Crippen LogP contribution in [-0.2, 0) is 11.3 Å².